The highest BCUT2D eigenvalue weighted by Gasteiger charge is 2.32. The van der Waals surface area contributed by atoms with Crippen molar-refractivity contribution in [3.63, 3.8) is 0 Å². The minimum Gasteiger partial charge on any atom is -0.399 e. The van der Waals surface area contributed by atoms with Crippen LogP contribution in [0.4, 0.5) is 5.69 Å². The number of sulfonamides is 1. The van der Waals surface area contributed by atoms with Gasteiger partial charge >= 0.3 is 0 Å². The molecule has 0 aromatic heterocycles. The van der Waals surface area contributed by atoms with Gasteiger partial charge in [-0.3, -0.25) is 0 Å². The van der Waals surface area contributed by atoms with E-state index in [1.54, 1.807) is 16.4 Å². The quantitative estimate of drug-likeness (QED) is 0.872. The Bertz CT molecular complexity index is 574. The Labute approximate surface area is 122 Å². The second-order valence-corrected chi connectivity index (χ2v) is 7.90. The topological polar surface area (TPSA) is 63.4 Å². The third kappa shape index (κ3) is 2.99. The van der Waals surface area contributed by atoms with E-state index >= 15 is 0 Å². The Balaban J connectivity index is 2.42. The average molecular weight is 296 g/mol. The summed E-state index contributed by atoms with van der Waals surface area (Å²) in [6, 6.07) is 5.18. The van der Waals surface area contributed by atoms with Gasteiger partial charge in [-0.05, 0) is 42.4 Å². The molecule has 4 nitrogen and oxygen atoms in total. The van der Waals surface area contributed by atoms with Crippen molar-refractivity contribution in [1.29, 1.82) is 0 Å². The van der Waals surface area contributed by atoms with Crippen LogP contribution in [-0.4, -0.2) is 25.8 Å². The maximum Gasteiger partial charge on any atom is 0.243 e. The molecule has 1 aliphatic rings. The molecule has 0 bridgehead atoms. The van der Waals surface area contributed by atoms with Gasteiger partial charge in [-0.25, -0.2) is 8.42 Å². The van der Waals surface area contributed by atoms with Gasteiger partial charge < -0.3 is 5.73 Å². The van der Waals surface area contributed by atoms with E-state index in [1.807, 2.05) is 13.0 Å². The van der Waals surface area contributed by atoms with Crippen LogP contribution in [0.1, 0.15) is 32.8 Å². The number of piperidine rings is 1. The molecule has 1 fully saturated rings. The highest BCUT2D eigenvalue weighted by molar-refractivity contribution is 7.89. The second-order valence-electron chi connectivity index (χ2n) is 5.99. The molecule has 0 radical (unpaired) electrons. The summed E-state index contributed by atoms with van der Waals surface area (Å²) in [6.45, 7) is 7.39. The first kappa shape index (κ1) is 15.3. The van der Waals surface area contributed by atoms with Crippen molar-refractivity contribution in [1.82, 2.24) is 4.31 Å². The Morgan fingerprint density at radius 2 is 1.85 bits per heavy atom. The van der Waals surface area contributed by atoms with Gasteiger partial charge in [0, 0.05) is 18.8 Å². The minimum atomic E-state index is -3.44. The van der Waals surface area contributed by atoms with Crippen LogP contribution in [-0.2, 0) is 16.4 Å². The van der Waals surface area contributed by atoms with Gasteiger partial charge in [-0.2, -0.15) is 4.31 Å². The third-order valence-corrected chi connectivity index (χ3v) is 5.84. The Kier molecular flexibility index (Phi) is 4.39. The lowest BCUT2D eigenvalue weighted by Gasteiger charge is -2.34. The van der Waals surface area contributed by atoms with Crippen molar-refractivity contribution < 1.29 is 8.42 Å². The number of nitrogens with zero attached hydrogens (tertiary/aromatic N) is 1. The minimum absolute atomic E-state index is 0.376. The molecule has 2 unspecified atom stereocenters. The van der Waals surface area contributed by atoms with E-state index in [2.05, 4.69) is 13.8 Å². The van der Waals surface area contributed by atoms with E-state index in [1.165, 1.54) is 0 Å². The van der Waals surface area contributed by atoms with Crippen LogP contribution < -0.4 is 5.73 Å². The number of hydrogen-bond acceptors (Lipinski definition) is 3. The standard InChI is InChI=1S/C15H24N2O2S/c1-4-13-5-6-14(16)8-15(13)20(18,19)17-9-11(2)7-12(3)10-17/h5-6,8,11-12H,4,7,9-10,16H2,1-3H3. The summed E-state index contributed by atoms with van der Waals surface area (Å²) in [5.41, 5.74) is 7.12. The van der Waals surface area contributed by atoms with Crippen molar-refractivity contribution in [3.05, 3.63) is 23.8 Å². The summed E-state index contributed by atoms with van der Waals surface area (Å²) in [5.74, 6) is 0.805. The van der Waals surface area contributed by atoms with Crippen LogP contribution in [0.3, 0.4) is 0 Å². The van der Waals surface area contributed by atoms with Gasteiger partial charge in [-0.1, -0.05) is 26.8 Å². The van der Waals surface area contributed by atoms with E-state index in [0.717, 1.165) is 12.0 Å². The first-order valence-electron chi connectivity index (χ1n) is 7.23. The molecule has 1 heterocycles. The molecule has 20 heavy (non-hydrogen) atoms. The summed E-state index contributed by atoms with van der Waals surface area (Å²) in [7, 11) is -3.44. The average Bonchev–Trinajstić information content (AvgIpc) is 2.37. The van der Waals surface area contributed by atoms with Gasteiger partial charge in [0.2, 0.25) is 10.0 Å². The van der Waals surface area contributed by atoms with Gasteiger partial charge in [0.15, 0.2) is 0 Å². The van der Waals surface area contributed by atoms with Crippen LogP contribution in [0, 0.1) is 11.8 Å². The van der Waals surface area contributed by atoms with Crippen LogP contribution in [0.15, 0.2) is 23.1 Å². The highest BCUT2D eigenvalue weighted by atomic mass is 32.2. The maximum atomic E-state index is 12.9. The molecule has 1 aliphatic heterocycles. The first-order chi connectivity index (χ1) is 9.34. The summed E-state index contributed by atoms with van der Waals surface area (Å²) >= 11 is 0. The van der Waals surface area contributed by atoms with E-state index in [9.17, 15) is 8.42 Å². The zero-order valence-electron chi connectivity index (χ0n) is 12.5. The SMILES string of the molecule is CCc1ccc(N)cc1S(=O)(=O)N1CC(C)CC(C)C1. The molecule has 112 valence electrons. The van der Waals surface area contributed by atoms with E-state index in [-0.39, 0.29) is 0 Å². The largest absolute Gasteiger partial charge is 0.399 e. The summed E-state index contributed by atoms with van der Waals surface area (Å²) in [5, 5.41) is 0. The fourth-order valence-electron chi connectivity index (χ4n) is 3.04. The molecular weight excluding hydrogens is 272 g/mol. The lowest BCUT2D eigenvalue weighted by atomic mass is 9.94. The van der Waals surface area contributed by atoms with Crippen molar-refractivity contribution in [2.24, 2.45) is 11.8 Å². The monoisotopic (exact) mass is 296 g/mol. The molecular formula is C15H24N2O2S. The van der Waals surface area contributed by atoms with Crippen molar-refractivity contribution >= 4 is 15.7 Å². The molecule has 2 rings (SSSR count). The number of rotatable bonds is 3. The molecule has 1 aromatic rings. The summed E-state index contributed by atoms with van der Waals surface area (Å²) in [6.07, 6.45) is 1.78. The van der Waals surface area contributed by atoms with Gasteiger partial charge in [-0.15, -0.1) is 0 Å². The Morgan fingerprint density at radius 1 is 1.25 bits per heavy atom. The second kappa shape index (κ2) is 5.74. The first-order valence-corrected chi connectivity index (χ1v) is 8.67. The molecule has 1 aromatic carbocycles. The number of hydrogen-bond donors (Lipinski definition) is 1. The number of nitrogen functional groups attached to an aromatic ring is 1. The highest BCUT2D eigenvalue weighted by Crippen LogP contribution is 2.29. The lowest BCUT2D eigenvalue weighted by molar-refractivity contribution is 0.222. The molecule has 2 N–H and O–H groups in total. The maximum absolute atomic E-state index is 12.9. The van der Waals surface area contributed by atoms with Crippen LogP contribution in [0.2, 0.25) is 0 Å². The molecule has 0 spiro atoms. The van der Waals surface area contributed by atoms with Crippen LogP contribution in [0.5, 0.6) is 0 Å². The van der Waals surface area contributed by atoms with Gasteiger partial charge in [0.05, 0.1) is 4.90 Å². The molecule has 1 saturated heterocycles. The predicted octanol–water partition coefficient (Wildman–Crippen LogP) is 2.50. The molecule has 0 aliphatic carbocycles. The normalized spacial score (nSPS) is 24.8. The molecule has 2 atom stereocenters. The summed E-state index contributed by atoms with van der Waals surface area (Å²) in [4.78, 5) is 0.376. The van der Waals surface area contributed by atoms with Gasteiger partial charge in [0.1, 0.15) is 0 Å². The third-order valence-electron chi connectivity index (χ3n) is 3.93. The molecule has 5 heteroatoms. The zero-order chi connectivity index (χ0) is 14.9. The Morgan fingerprint density at radius 3 is 2.40 bits per heavy atom. The lowest BCUT2D eigenvalue weighted by Crippen LogP contribution is -2.42. The number of aryl methyl sites for hydroxylation is 1. The van der Waals surface area contributed by atoms with Crippen molar-refractivity contribution in [2.45, 2.75) is 38.5 Å². The summed E-state index contributed by atoms with van der Waals surface area (Å²) < 4.78 is 27.4. The number of nitrogens with two attached hydrogens (primary N) is 1. The van der Waals surface area contributed by atoms with E-state index < -0.39 is 10.0 Å². The van der Waals surface area contributed by atoms with Crippen molar-refractivity contribution in [2.75, 3.05) is 18.8 Å². The Hall–Kier alpha value is -1.07. The molecule has 0 amide bonds. The van der Waals surface area contributed by atoms with E-state index in [4.69, 9.17) is 5.73 Å². The predicted molar refractivity (Wildman–Crippen MR) is 81.9 cm³/mol. The van der Waals surface area contributed by atoms with Crippen molar-refractivity contribution in [3.8, 4) is 0 Å². The van der Waals surface area contributed by atoms with Crippen LogP contribution in [0.25, 0.3) is 0 Å². The van der Waals surface area contributed by atoms with Gasteiger partial charge in [0.25, 0.3) is 0 Å². The smallest absolute Gasteiger partial charge is 0.243 e. The zero-order valence-corrected chi connectivity index (χ0v) is 13.3. The molecule has 0 saturated carbocycles. The fraction of sp³-hybridized carbons (Fsp3) is 0.600. The number of benzene rings is 1. The fourth-order valence-corrected chi connectivity index (χ4v) is 5.05. The number of anilines is 1. The van der Waals surface area contributed by atoms with Crippen LogP contribution >= 0.6 is 0 Å². The van der Waals surface area contributed by atoms with E-state index in [0.29, 0.717) is 41.9 Å².